The zero-order chi connectivity index (χ0) is 9.14. The lowest BCUT2D eigenvalue weighted by Crippen LogP contribution is -1.92. The molecule has 0 bridgehead atoms. The fourth-order valence-electron chi connectivity index (χ4n) is 0.865. The summed E-state index contributed by atoms with van der Waals surface area (Å²) >= 11 is 8.10. The lowest BCUT2D eigenvalue weighted by Gasteiger charge is -2.09. The summed E-state index contributed by atoms with van der Waals surface area (Å²) < 4.78 is 11.1. The molecule has 0 unspecified atom stereocenters. The third-order valence-electron chi connectivity index (χ3n) is 1.44. The van der Waals surface area contributed by atoms with Crippen molar-refractivity contribution in [3.05, 3.63) is 20.7 Å². The molecule has 0 atom stereocenters. The SMILES string of the molecule is COc1ccc(I)c(Cl)c1OC. The van der Waals surface area contributed by atoms with E-state index in [0.29, 0.717) is 16.5 Å². The number of hydrogen-bond donors (Lipinski definition) is 0. The Hall–Kier alpha value is -0.160. The van der Waals surface area contributed by atoms with Gasteiger partial charge in [-0.1, -0.05) is 11.6 Å². The number of benzene rings is 1. The van der Waals surface area contributed by atoms with Crippen LogP contribution in [0.1, 0.15) is 0 Å². The molecule has 0 amide bonds. The van der Waals surface area contributed by atoms with Crippen molar-refractivity contribution in [3.63, 3.8) is 0 Å². The number of methoxy groups -OCH3 is 2. The molecule has 1 rings (SSSR count). The van der Waals surface area contributed by atoms with E-state index >= 15 is 0 Å². The van der Waals surface area contributed by atoms with Crippen molar-refractivity contribution in [2.24, 2.45) is 0 Å². The van der Waals surface area contributed by atoms with Gasteiger partial charge in [0, 0.05) is 3.57 Å². The largest absolute Gasteiger partial charge is 0.493 e. The quantitative estimate of drug-likeness (QED) is 0.782. The molecule has 0 aromatic heterocycles. The van der Waals surface area contributed by atoms with Gasteiger partial charge in [0.25, 0.3) is 0 Å². The summed E-state index contributed by atoms with van der Waals surface area (Å²) in [5, 5.41) is 0.595. The highest BCUT2D eigenvalue weighted by Crippen LogP contribution is 2.37. The van der Waals surface area contributed by atoms with Crippen molar-refractivity contribution >= 4 is 34.2 Å². The van der Waals surface area contributed by atoms with Crippen LogP contribution in [0, 0.1) is 3.57 Å². The Morgan fingerprint density at radius 1 is 1.25 bits per heavy atom. The first-order valence-corrected chi connectivity index (χ1v) is 4.72. The maximum absolute atomic E-state index is 5.96. The van der Waals surface area contributed by atoms with Crippen LogP contribution >= 0.6 is 34.2 Å². The van der Waals surface area contributed by atoms with Crippen LogP contribution in [0.15, 0.2) is 12.1 Å². The zero-order valence-electron chi connectivity index (χ0n) is 6.73. The second-order valence-corrected chi connectivity index (χ2v) is 3.64. The molecule has 0 radical (unpaired) electrons. The number of rotatable bonds is 2. The Bertz CT molecular complexity index is 289. The Morgan fingerprint density at radius 2 is 1.92 bits per heavy atom. The van der Waals surface area contributed by atoms with Crippen LogP contribution in [0.2, 0.25) is 5.02 Å². The van der Waals surface area contributed by atoms with Gasteiger partial charge >= 0.3 is 0 Å². The second-order valence-electron chi connectivity index (χ2n) is 2.10. The highest BCUT2D eigenvalue weighted by molar-refractivity contribution is 14.1. The molecule has 2 nitrogen and oxygen atoms in total. The van der Waals surface area contributed by atoms with E-state index in [0.717, 1.165) is 3.57 Å². The van der Waals surface area contributed by atoms with Crippen LogP contribution in [-0.2, 0) is 0 Å². The summed E-state index contributed by atoms with van der Waals surface area (Å²) in [5.74, 6) is 1.24. The summed E-state index contributed by atoms with van der Waals surface area (Å²) in [6.07, 6.45) is 0. The molecule has 0 aliphatic carbocycles. The van der Waals surface area contributed by atoms with E-state index in [9.17, 15) is 0 Å². The first-order valence-electron chi connectivity index (χ1n) is 3.26. The maximum Gasteiger partial charge on any atom is 0.180 e. The Balaban J connectivity index is 3.25. The molecule has 0 saturated heterocycles. The first kappa shape index (κ1) is 9.92. The van der Waals surface area contributed by atoms with Gasteiger partial charge in [-0.3, -0.25) is 0 Å². The Morgan fingerprint density at radius 3 is 2.42 bits per heavy atom. The van der Waals surface area contributed by atoms with Gasteiger partial charge in [0.15, 0.2) is 11.5 Å². The van der Waals surface area contributed by atoms with Gasteiger partial charge in [0.1, 0.15) is 0 Å². The minimum absolute atomic E-state index is 0.589. The van der Waals surface area contributed by atoms with E-state index in [4.69, 9.17) is 21.1 Å². The third kappa shape index (κ3) is 1.77. The molecule has 1 aromatic rings. The molecule has 0 aliphatic heterocycles. The summed E-state index contributed by atoms with van der Waals surface area (Å²) in [5.41, 5.74) is 0. The van der Waals surface area contributed by atoms with E-state index in [1.807, 2.05) is 12.1 Å². The predicted octanol–water partition coefficient (Wildman–Crippen LogP) is 2.96. The second kappa shape index (κ2) is 4.18. The summed E-state index contributed by atoms with van der Waals surface area (Å²) in [6.45, 7) is 0. The van der Waals surface area contributed by atoms with Gasteiger partial charge in [0.05, 0.1) is 19.2 Å². The average Bonchev–Trinajstić information content (AvgIpc) is 2.09. The molecule has 0 saturated carbocycles. The van der Waals surface area contributed by atoms with Crippen molar-refractivity contribution in [2.45, 2.75) is 0 Å². The summed E-state index contributed by atoms with van der Waals surface area (Å²) in [4.78, 5) is 0. The van der Waals surface area contributed by atoms with Crippen LogP contribution < -0.4 is 9.47 Å². The topological polar surface area (TPSA) is 18.5 Å². The highest BCUT2D eigenvalue weighted by atomic mass is 127. The summed E-state index contributed by atoms with van der Waals surface area (Å²) in [6, 6.07) is 3.71. The zero-order valence-corrected chi connectivity index (χ0v) is 9.64. The molecule has 0 fully saturated rings. The smallest absolute Gasteiger partial charge is 0.180 e. The van der Waals surface area contributed by atoms with Crippen molar-refractivity contribution in [3.8, 4) is 11.5 Å². The van der Waals surface area contributed by atoms with E-state index < -0.39 is 0 Å². The van der Waals surface area contributed by atoms with Crippen LogP contribution in [0.3, 0.4) is 0 Å². The normalized spacial score (nSPS) is 9.67. The van der Waals surface area contributed by atoms with E-state index in [1.54, 1.807) is 14.2 Å². The standard InChI is InChI=1S/C8H8ClIO2/c1-11-6-4-3-5(10)7(9)8(6)12-2/h3-4H,1-2H3. The molecule has 0 spiro atoms. The van der Waals surface area contributed by atoms with Gasteiger partial charge in [-0.05, 0) is 34.7 Å². The van der Waals surface area contributed by atoms with E-state index in [1.165, 1.54) is 0 Å². The van der Waals surface area contributed by atoms with Crippen LogP contribution in [0.5, 0.6) is 11.5 Å². The predicted molar refractivity (Wildman–Crippen MR) is 57.3 cm³/mol. The summed E-state index contributed by atoms with van der Waals surface area (Å²) in [7, 11) is 3.15. The number of halogens is 2. The van der Waals surface area contributed by atoms with Gasteiger partial charge in [-0.15, -0.1) is 0 Å². The molecule has 0 heterocycles. The molecule has 12 heavy (non-hydrogen) atoms. The van der Waals surface area contributed by atoms with E-state index in [-0.39, 0.29) is 0 Å². The molecular formula is C8H8ClIO2. The molecule has 0 N–H and O–H groups in total. The first-order chi connectivity index (χ1) is 5.70. The molecule has 4 heteroatoms. The molecule has 1 aromatic carbocycles. The number of hydrogen-bond acceptors (Lipinski definition) is 2. The minimum Gasteiger partial charge on any atom is -0.493 e. The lowest BCUT2D eigenvalue weighted by molar-refractivity contribution is 0.355. The van der Waals surface area contributed by atoms with Gasteiger partial charge in [-0.2, -0.15) is 0 Å². The van der Waals surface area contributed by atoms with Gasteiger partial charge in [0.2, 0.25) is 0 Å². The van der Waals surface area contributed by atoms with Crippen molar-refractivity contribution in [1.82, 2.24) is 0 Å². The molecular weight excluding hydrogens is 290 g/mol. The third-order valence-corrected chi connectivity index (χ3v) is 3.03. The Labute approximate surface area is 90.0 Å². The highest BCUT2D eigenvalue weighted by Gasteiger charge is 2.10. The lowest BCUT2D eigenvalue weighted by atomic mass is 10.3. The van der Waals surface area contributed by atoms with Crippen LogP contribution in [0.25, 0.3) is 0 Å². The fourth-order valence-corrected chi connectivity index (χ4v) is 1.52. The monoisotopic (exact) mass is 298 g/mol. The van der Waals surface area contributed by atoms with Gasteiger partial charge in [-0.25, -0.2) is 0 Å². The van der Waals surface area contributed by atoms with Crippen LogP contribution in [-0.4, -0.2) is 14.2 Å². The number of ether oxygens (including phenoxy) is 2. The van der Waals surface area contributed by atoms with E-state index in [2.05, 4.69) is 22.6 Å². The van der Waals surface area contributed by atoms with Crippen molar-refractivity contribution in [1.29, 1.82) is 0 Å². The minimum atomic E-state index is 0.589. The maximum atomic E-state index is 5.96. The van der Waals surface area contributed by atoms with Gasteiger partial charge < -0.3 is 9.47 Å². The average molecular weight is 299 g/mol. The Kier molecular flexibility index (Phi) is 3.46. The fraction of sp³-hybridized carbons (Fsp3) is 0.250. The van der Waals surface area contributed by atoms with Crippen molar-refractivity contribution < 1.29 is 9.47 Å². The molecule has 0 aliphatic rings. The van der Waals surface area contributed by atoms with Crippen molar-refractivity contribution in [2.75, 3.05) is 14.2 Å². The van der Waals surface area contributed by atoms with Crippen LogP contribution in [0.4, 0.5) is 0 Å². The molecule has 66 valence electrons.